The van der Waals surface area contributed by atoms with Crippen LogP contribution in [0, 0.1) is 11.6 Å². The molecule has 0 N–H and O–H groups in total. The molecule has 0 spiro atoms. The van der Waals surface area contributed by atoms with Crippen molar-refractivity contribution in [2.24, 2.45) is 0 Å². The Labute approximate surface area is 131 Å². The molecule has 2 rings (SSSR count). The zero-order valence-corrected chi connectivity index (χ0v) is 11.7. The van der Waals surface area contributed by atoms with Crippen LogP contribution < -0.4 is 18.9 Å². The van der Waals surface area contributed by atoms with Crippen molar-refractivity contribution < 1.29 is 45.4 Å². The summed E-state index contributed by atoms with van der Waals surface area (Å²) in [5.41, 5.74) is -0.192. The van der Waals surface area contributed by atoms with Crippen LogP contribution in [0.1, 0.15) is 15.9 Å². The van der Waals surface area contributed by atoms with E-state index in [1.807, 2.05) is 0 Å². The fraction of sp³-hybridized carbons (Fsp3) is 0. The van der Waals surface area contributed by atoms with Gasteiger partial charge in [-0.15, -0.1) is 0 Å². The van der Waals surface area contributed by atoms with E-state index in [1.165, 1.54) is 12.1 Å². The number of hydrogen-bond acceptors (Lipinski definition) is 4. The standard InChI is InChI=1S/C13H8F2O4S.Li/c14-10-3-1-2-8(6-10)13(16)9-4-5-12(11(15)7-9)20(17,18)19;/h1-7H,(H,17,18,19);/q;+1/p-1. The average Bonchev–Trinajstić information content (AvgIpc) is 2.36. The van der Waals surface area contributed by atoms with Gasteiger partial charge in [0.05, 0.1) is 4.90 Å². The van der Waals surface area contributed by atoms with Crippen molar-refractivity contribution in [3.63, 3.8) is 0 Å². The quantitative estimate of drug-likeness (QED) is 0.419. The third-order valence-electron chi connectivity index (χ3n) is 2.55. The second kappa shape index (κ2) is 6.50. The summed E-state index contributed by atoms with van der Waals surface area (Å²) in [7, 11) is -4.94. The molecule has 0 radical (unpaired) electrons. The zero-order valence-electron chi connectivity index (χ0n) is 10.8. The molecule has 2 aromatic carbocycles. The summed E-state index contributed by atoms with van der Waals surface area (Å²) < 4.78 is 58.7. The molecule has 0 amide bonds. The van der Waals surface area contributed by atoms with Gasteiger partial charge in [0.2, 0.25) is 0 Å². The van der Waals surface area contributed by atoms with Gasteiger partial charge in [0.1, 0.15) is 21.8 Å². The van der Waals surface area contributed by atoms with Crippen molar-refractivity contribution in [3.8, 4) is 0 Å². The van der Waals surface area contributed by atoms with E-state index in [4.69, 9.17) is 0 Å². The van der Waals surface area contributed by atoms with Crippen LogP contribution in [0.4, 0.5) is 8.78 Å². The fourth-order valence-corrected chi connectivity index (χ4v) is 2.17. The minimum Gasteiger partial charge on any atom is -0.744 e. The van der Waals surface area contributed by atoms with E-state index in [1.54, 1.807) is 0 Å². The molecule has 0 aliphatic heterocycles. The molecule has 0 heterocycles. The summed E-state index contributed by atoms with van der Waals surface area (Å²) in [4.78, 5) is 10.9. The molecule has 0 fully saturated rings. The Bertz CT molecular complexity index is 791. The Morgan fingerprint density at radius 3 is 2.14 bits per heavy atom. The molecule has 8 heteroatoms. The molecule has 0 bridgehead atoms. The van der Waals surface area contributed by atoms with E-state index >= 15 is 0 Å². The van der Waals surface area contributed by atoms with Gasteiger partial charge < -0.3 is 4.55 Å². The molecule has 0 saturated heterocycles. The van der Waals surface area contributed by atoms with Crippen LogP contribution in [0.2, 0.25) is 0 Å². The minimum absolute atomic E-state index is 0. The molecule has 4 nitrogen and oxygen atoms in total. The van der Waals surface area contributed by atoms with E-state index < -0.39 is 32.4 Å². The van der Waals surface area contributed by atoms with E-state index in [-0.39, 0.29) is 30.0 Å². The van der Waals surface area contributed by atoms with E-state index in [2.05, 4.69) is 0 Å². The third kappa shape index (κ3) is 3.99. The monoisotopic (exact) mass is 304 g/mol. The molecule has 21 heavy (non-hydrogen) atoms. The number of halogens is 2. The number of carbonyl (C=O) groups is 1. The van der Waals surface area contributed by atoms with Gasteiger partial charge in [-0.1, -0.05) is 12.1 Å². The SMILES string of the molecule is O=C(c1cccc(F)c1)c1ccc(S(=O)(=O)[O-])c(F)c1.[Li+]. The summed E-state index contributed by atoms with van der Waals surface area (Å²) in [6.45, 7) is 0. The minimum atomic E-state index is -4.94. The first-order valence-electron chi connectivity index (χ1n) is 5.35. The van der Waals surface area contributed by atoms with Crippen LogP contribution >= 0.6 is 0 Å². The molecule has 104 valence electrons. The van der Waals surface area contributed by atoms with Gasteiger partial charge in [-0.25, -0.2) is 17.2 Å². The molecule has 0 saturated carbocycles. The molecule has 0 aromatic heterocycles. The Morgan fingerprint density at radius 1 is 1.00 bits per heavy atom. The maximum Gasteiger partial charge on any atom is 1.00 e. The Balaban J connectivity index is 0.00000220. The second-order valence-electron chi connectivity index (χ2n) is 3.94. The third-order valence-corrected chi connectivity index (χ3v) is 3.42. The number of benzene rings is 2. The second-order valence-corrected chi connectivity index (χ2v) is 5.29. The predicted molar refractivity (Wildman–Crippen MR) is 64.2 cm³/mol. The summed E-state index contributed by atoms with van der Waals surface area (Å²) in [6.07, 6.45) is 0. The Morgan fingerprint density at radius 2 is 1.62 bits per heavy atom. The van der Waals surface area contributed by atoms with E-state index in [0.717, 1.165) is 18.2 Å². The van der Waals surface area contributed by atoms with Crippen LogP contribution in [-0.4, -0.2) is 18.8 Å². The topological polar surface area (TPSA) is 74.3 Å². The van der Waals surface area contributed by atoms with Crippen LogP contribution in [0.3, 0.4) is 0 Å². The van der Waals surface area contributed by atoms with Gasteiger partial charge in [0.25, 0.3) is 0 Å². The molecule has 0 atom stereocenters. The Hall–Kier alpha value is -1.52. The van der Waals surface area contributed by atoms with Gasteiger partial charge in [0.15, 0.2) is 5.78 Å². The Kier molecular flexibility index (Phi) is 5.42. The predicted octanol–water partition coefficient (Wildman–Crippen LogP) is -0.896. The van der Waals surface area contributed by atoms with Crippen molar-refractivity contribution >= 4 is 15.9 Å². The van der Waals surface area contributed by atoms with Crippen molar-refractivity contribution in [1.29, 1.82) is 0 Å². The van der Waals surface area contributed by atoms with Crippen molar-refractivity contribution in [3.05, 3.63) is 65.2 Å². The zero-order chi connectivity index (χ0) is 14.9. The van der Waals surface area contributed by atoms with Crippen molar-refractivity contribution in [2.45, 2.75) is 4.90 Å². The van der Waals surface area contributed by atoms with Gasteiger partial charge in [0, 0.05) is 11.1 Å². The number of carbonyl (C=O) groups excluding carboxylic acids is 1. The van der Waals surface area contributed by atoms with Crippen molar-refractivity contribution in [1.82, 2.24) is 0 Å². The molecular weight excluding hydrogens is 297 g/mol. The normalized spacial score (nSPS) is 10.8. The first-order valence-corrected chi connectivity index (χ1v) is 6.75. The van der Waals surface area contributed by atoms with Gasteiger partial charge in [-0.2, -0.15) is 0 Å². The smallest absolute Gasteiger partial charge is 0.744 e. The number of hydrogen-bond donors (Lipinski definition) is 0. The fourth-order valence-electron chi connectivity index (χ4n) is 1.64. The summed E-state index contributed by atoms with van der Waals surface area (Å²) in [5.74, 6) is -2.63. The summed E-state index contributed by atoms with van der Waals surface area (Å²) in [5, 5.41) is 0. The van der Waals surface area contributed by atoms with Gasteiger partial charge in [-0.3, -0.25) is 4.79 Å². The molecule has 0 aliphatic rings. The van der Waals surface area contributed by atoms with Crippen LogP contribution in [0.5, 0.6) is 0 Å². The van der Waals surface area contributed by atoms with Gasteiger partial charge >= 0.3 is 18.9 Å². The van der Waals surface area contributed by atoms with E-state index in [9.17, 15) is 26.5 Å². The van der Waals surface area contributed by atoms with Gasteiger partial charge in [-0.05, 0) is 30.3 Å². The first kappa shape index (κ1) is 17.5. The van der Waals surface area contributed by atoms with Crippen molar-refractivity contribution in [2.75, 3.05) is 0 Å². The molecular formula is C13H7F2LiO4S. The molecule has 0 aliphatic carbocycles. The number of ketones is 1. The molecule has 0 unspecified atom stereocenters. The summed E-state index contributed by atoms with van der Waals surface area (Å²) >= 11 is 0. The van der Waals surface area contributed by atoms with Crippen LogP contribution in [0.15, 0.2) is 47.4 Å². The number of rotatable bonds is 3. The largest absolute Gasteiger partial charge is 1.00 e. The van der Waals surface area contributed by atoms with E-state index in [0.29, 0.717) is 12.1 Å². The first-order chi connectivity index (χ1) is 9.29. The maximum atomic E-state index is 13.5. The van der Waals surface area contributed by atoms with Crippen LogP contribution in [0.25, 0.3) is 0 Å². The van der Waals surface area contributed by atoms with Crippen LogP contribution in [-0.2, 0) is 10.1 Å². The summed E-state index contributed by atoms with van der Waals surface area (Å²) in [6, 6.07) is 7.11. The maximum absolute atomic E-state index is 13.5. The molecule has 2 aromatic rings. The average molecular weight is 304 g/mol.